The smallest absolute Gasteiger partial charge is 0.253 e. The summed E-state index contributed by atoms with van der Waals surface area (Å²) >= 11 is 0. The summed E-state index contributed by atoms with van der Waals surface area (Å²) < 4.78 is 0. The molecular formula is C16H17N3O. The molecule has 0 spiro atoms. The van der Waals surface area contributed by atoms with Crippen LogP contribution >= 0.6 is 0 Å². The standard InChI is InChI=1S/C16H17N3O/c1-12(17)15(13-7-3-2-4-8-13)16(20)19-11-14-9-5-6-10-18-14/h2-10H,11,17H2,1H3,(H,19,20)/b15-12-. The van der Waals surface area contributed by atoms with E-state index in [0.29, 0.717) is 17.8 Å². The third-order valence-electron chi connectivity index (χ3n) is 2.84. The van der Waals surface area contributed by atoms with Crippen LogP contribution in [0.4, 0.5) is 0 Å². The Morgan fingerprint density at radius 1 is 1.15 bits per heavy atom. The van der Waals surface area contributed by atoms with Gasteiger partial charge in [0.15, 0.2) is 0 Å². The number of pyridine rings is 1. The first-order valence-electron chi connectivity index (χ1n) is 6.38. The van der Waals surface area contributed by atoms with Crippen LogP contribution in [0.15, 0.2) is 60.4 Å². The lowest BCUT2D eigenvalue weighted by atomic mass is 10.0. The topological polar surface area (TPSA) is 68.0 Å². The lowest BCUT2D eigenvalue weighted by Crippen LogP contribution is -2.26. The third kappa shape index (κ3) is 3.45. The van der Waals surface area contributed by atoms with E-state index in [1.807, 2.05) is 48.5 Å². The molecule has 0 fully saturated rings. The predicted molar refractivity (Wildman–Crippen MR) is 79.3 cm³/mol. The first-order chi connectivity index (χ1) is 9.68. The van der Waals surface area contributed by atoms with Crippen LogP contribution < -0.4 is 11.1 Å². The van der Waals surface area contributed by atoms with Gasteiger partial charge in [-0.15, -0.1) is 0 Å². The molecule has 1 aromatic carbocycles. The van der Waals surface area contributed by atoms with E-state index >= 15 is 0 Å². The molecule has 4 nitrogen and oxygen atoms in total. The molecule has 0 aliphatic carbocycles. The summed E-state index contributed by atoms with van der Waals surface area (Å²) in [5.74, 6) is -0.193. The monoisotopic (exact) mass is 267 g/mol. The molecule has 0 saturated carbocycles. The van der Waals surface area contributed by atoms with Gasteiger partial charge in [0.1, 0.15) is 0 Å². The maximum Gasteiger partial charge on any atom is 0.253 e. The van der Waals surface area contributed by atoms with Crippen LogP contribution in [0.2, 0.25) is 0 Å². The largest absolute Gasteiger partial charge is 0.402 e. The second kappa shape index (κ2) is 6.52. The van der Waals surface area contributed by atoms with Gasteiger partial charge in [0.25, 0.3) is 5.91 Å². The molecule has 0 saturated heterocycles. The van der Waals surface area contributed by atoms with Crippen molar-refractivity contribution < 1.29 is 4.79 Å². The number of nitrogens with two attached hydrogens (primary N) is 1. The highest BCUT2D eigenvalue weighted by Gasteiger charge is 2.13. The minimum Gasteiger partial charge on any atom is -0.402 e. The molecular weight excluding hydrogens is 250 g/mol. The summed E-state index contributed by atoms with van der Waals surface area (Å²) in [5, 5.41) is 2.84. The highest BCUT2D eigenvalue weighted by molar-refractivity contribution is 6.20. The van der Waals surface area contributed by atoms with Gasteiger partial charge in [0, 0.05) is 11.9 Å². The van der Waals surface area contributed by atoms with Crippen molar-refractivity contribution in [3.63, 3.8) is 0 Å². The van der Waals surface area contributed by atoms with Gasteiger partial charge in [-0.1, -0.05) is 36.4 Å². The average Bonchev–Trinajstić information content (AvgIpc) is 2.47. The first-order valence-corrected chi connectivity index (χ1v) is 6.38. The highest BCUT2D eigenvalue weighted by atomic mass is 16.1. The summed E-state index contributed by atoms with van der Waals surface area (Å²) in [6.07, 6.45) is 1.70. The van der Waals surface area contributed by atoms with E-state index in [1.54, 1.807) is 13.1 Å². The van der Waals surface area contributed by atoms with Crippen molar-refractivity contribution in [3.8, 4) is 0 Å². The molecule has 102 valence electrons. The minimum atomic E-state index is -0.193. The normalized spacial score (nSPS) is 11.7. The highest BCUT2D eigenvalue weighted by Crippen LogP contribution is 2.16. The Morgan fingerprint density at radius 2 is 1.85 bits per heavy atom. The average molecular weight is 267 g/mol. The Morgan fingerprint density at radius 3 is 2.45 bits per heavy atom. The molecule has 0 aliphatic heterocycles. The molecule has 2 aromatic rings. The van der Waals surface area contributed by atoms with Gasteiger partial charge in [-0.05, 0) is 24.6 Å². The summed E-state index contributed by atoms with van der Waals surface area (Å²) in [5.41, 5.74) is 8.46. The third-order valence-corrected chi connectivity index (χ3v) is 2.84. The Bertz CT molecular complexity index is 602. The molecule has 20 heavy (non-hydrogen) atoms. The van der Waals surface area contributed by atoms with Crippen LogP contribution in [-0.2, 0) is 11.3 Å². The Kier molecular flexibility index (Phi) is 4.50. The van der Waals surface area contributed by atoms with Gasteiger partial charge in [-0.3, -0.25) is 9.78 Å². The van der Waals surface area contributed by atoms with Gasteiger partial charge >= 0.3 is 0 Å². The van der Waals surface area contributed by atoms with Crippen LogP contribution in [0.25, 0.3) is 5.57 Å². The van der Waals surface area contributed by atoms with E-state index in [4.69, 9.17) is 5.73 Å². The predicted octanol–water partition coefficient (Wildman–Crippen LogP) is 2.09. The van der Waals surface area contributed by atoms with E-state index in [0.717, 1.165) is 11.3 Å². The maximum absolute atomic E-state index is 12.3. The zero-order valence-corrected chi connectivity index (χ0v) is 11.3. The van der Waals surface area contributed by atoms with E-state index in [9.17, 15) is 4.79 Å². The number of aromatic nitrogens is 1. The minimum absolute atomic E-state index is 0.193. The number of carbonyl (C=O) groups excluding carboxylic acids is 1. The van der Waals surface area contributed by atoms with E-state index < -0.39 is 0 Å². The fraction of sp³-hybridized carbons (Fsp3) is 0.125. The number of hydrogen-bond donors (Lipinski definition) is 2. The van der Waals surface area contributed by atoms with Crippen molar-refractivity contribution in [2.45, 2.75) is 13.5 Å². The molecule has 2 rings (SSSR count). The van der Waals surface area contributed by atoms with Crippen molar-refractivity contribution in [1.29, 1.82) is 0 Å². The Labute approximate surface area is 118 Å². The van der Waals surface area contributed by atoms with Crippen molar-refractivity contribution in [2.24, 2.45) is 5.73 Å². The van der Waals surface area contributed by atoms with Crippen LogP contribution in [-0.4, -0.2) is 10.9 Å². The van der Waals surface area contributed by atoms with Gasteiger partial charge in [-0.25, -0.2) is 0 Å². The quantitative estimate of drug-likeness (QED) is 0.833. The Hall–Kier alpha value is -2.62. The van der Waals surface area contributed by atoms with Gasteiger partial charge in [-0.2, -0.15) is 0 Å². The van der Waals surface area contributed by atoms with Crippen LogP contribution in [0.1, 0.15) is 18.2 Å². The van der Waals surface area contributed by atoms with Crippen LogP contribution in [0.3, 0.4) is 0 Å². The zero-order valence-electron chi connectivity index (χ0n) is 11.3. The number of rotatable bonds is 4. The molecule has 0 unspecified atom stereocenters. The number of nitrogens with one attached hydrogen (secondary N) is 1. The number of nitrogens with zero attached hydrogens (tertiary/aromatic N) is 1. The molecule has 0 radical (unpaired) electrons. The van der Waals surface area contributed by atoms with Crippen molar-refractivity contribution in [1.82, 2.24) is 10.3 Å². The number of carbonyl (C=O) groups is 1. The lowest BCUT2D eigenvalue weighted by Gasteiger charge is -2.10. The van der Waals surface area contributed by atoms with E-state index in [1.165, 1.54) is 0 Å². The number of allylic oxidation sites excluding steroid dienone is 1. The Balaban J connectivity index is 2.12. The van der Waals surface area contributed by atoms with Crippen LogP contribution in [0.5, 0.6) is 0 Å². The van der Waals surface area contributed by atoms with E-state index in [-0.39, 0.29) is 5.91 Å². The summed E-state index contributed by atoms with van der Waals surface area (Å²) in [7, 11) is 0. The molecule has 0 aliphatic rings. The van der Waals surface area contributed by atoms with E-state index in [2.05, 4.69) is 10.3 Å². The second-order valence-electron chi connectivity index (χ2n) is 4.43. The molecule has 1 aromatic heterocycles. The summed E-state index contributed by atoms with van der Waals surface area (Å²) in [6.45, 7) is 2.10. The fourth-order valence-corrected chi connectivity index (χ4v) is 1.90. The van der Waals surface area contributed by atoms with Crippen molar-refractivity contribution >= 4 is 11.5 Å². The second-order valence-corrected chi connectivity index (χ2v) is 4.43. The summed E-state index contributed by atoms with van der Waals surface area (Å²) in [6, 6.07) is 15.0. The van der Waals surface area contributed by atoms with Gasteiger partial charge in [0.05, 0.1) is 17.8 Å². The first kappa shape index (κ1) is 13.8. The zero-order chi connectivity index (χ0) is 14.4. The van der Waals surface area contributed by atoms with Crippen molar-refractivity contribution in [3.05, 3.63) is 71.7 Å². The molecule has 0 bridgehead atoms. The molecule has 0 atom stereocenters. The van der Waals surface area contributed by atoms with Crippen molar-refractivity contribution in [2.75, 3.05) is 0 Å². The number of benzene rings is 1. The summed E-state index contributed by atoms with van der Waals surface area (Å²) in [4.78, 5) is 16.4. The van der Waals surface area contributed by atoms with Crippen LogP contribution in [0, 0.1) is 0 Å². The van der Waals surface area contributed by atoms with Gasteiger partial charge < -0.3 is 11.1 Å². The van der Waals surface area contributed by atoms with Gasteiger partial charge in [0.2, 0.25) is 0 Å². The number of amides is 1. The molecule has 4 heteroatoms. The molecule has 1 amide bonds. The number of hydrogen-bond acceptors (Lipinski definition) is 3. The molecule has 3 N–H and O–H groups in total. The maximum atomic E-state index is 12.3. The molecule has 1 heterocycles. The SMILES string of the molecule is C/C(N)=C(/C(=O)NCc1ccccn1)c1ccccc1. The lowest BCUT2D eigenvalue weighted by molar-refractivity contribution is -0.115. The fourth-order valence-electron chi connectivity index (χ4n) is 1.90.